The lowest BCUT2D eigenvalue weighted by Gasteiger charge is -2.14. The van der Waals surface area contributed by atoms with Crippen LogP contribution in [0.3, 0.4) is 0 Å². The lowest BCUT2D eigenvalue weighted by Crippen LogP contribution is -2.25. The summed E-state index contributed by atoms with van der Waals surface area (Å²) < 4.78 is 35.7. The number of carbonyl (C=O) groups is 1. The van der Waals surface area contributed by atoms with Crippen LogP contribution in [0.5, 0.6) is 5.75 Å². The molecule has 3 aromatic rings. The van der Waals surface area contributed by atoms with Gasteiger partial charge in [-0.05, 0) is 36.4 Å². The topological polar surface area (TPSA) is 98.1 Å². The number of hydroxylamine groups is 1. The summed E-state index contributed by atoms with van der Waals surface area (Å²) in [5.74, 6) is 0.426. The fourth-order valence-electron chi connectivity index (χ4n) is 2.66. The van der Waals surface area contributed by atoms with E-state index in [2.05, 4.69) is 5.32 Å². The molecular formula is C19H20N2O6S. The molecule has 0 radical (unpaired) electrons. The Morgan fingerprint density at radius 2 is 1.86 bits per heavy atom. The van der Waals surface area contributed by atoms with Gasteiger partial charge in [0.05, 0.1) is 31.8 Å². The molecule has 1 N–H and O–H groups in total. The van der Waals surface area contributed by atoms with E-state index in [-0.39, 0.29) is 17.2 Å². The van der Waals surface area contributed by atoms with Crippen molar-refractivity contribution in [3.63, 3.8) is 0 Å². The molecule has 3 rings (SSSR count). The van der Waals surface area contributed by atoms with Gasteiger partial charge in [0.15, 0.2) is 0 Å². The predicted molar refractivity (Wildman–Crippen MR) is 103 cm³/mol. The summed E-state index contributed by atoms with van der Waals surface area (Å²) in [6.45, 7) is 0. The number of hydrogen-bond donors (Lipinski definition) is 1. The first-order valence-corrected chi connectivity index (χ1v) is 9.76. The Labute approximate surface area is 162 Å². The summed E-state index contributed by atoms with van der Waals surface area (Å²) in [4.78, 5) is 17.2. The van der Waals surface area contributed by atoms with Crippen LogP contribution in [-0.2, 0) is 26.1 Å². The molecule has 0 aliphatic rings. The number of ether oxygens (including phenoxy) is 1. The second-order valence-corrected chi connectivity index (χ2v) is 7.91. The number of amides is 1. The van der Waals surface area contributed by atoms with Crippen LogP contribution in [0.1, 0.15) is 5.56 Å². The molecular weight excluding hydrogens is 384 g/mol. The molecule has 0 saturated heterocycles. The Bertz CT molecular complexity index is 1090. The van der Waals surface area contributed by atoms with E-state index in [0.717, 1.165) is 15.4 Å². The molecule has 8 nitrogen and oxygen atoms in total. The summed E-state index contributed by atoms with van der Waals surface area (Å²) in [5.41, 5.74) is 1.87. The van der Waals surface area contributed by atoms with Crippen molar-refractivity contribution in [3.8, 4) is 5.75 Å². The maximum Gasteiger partial charge on any atom is 0.264 e. The van der Waals surface area contributed by atoms with Crippen molar-refractivity contribution in [1.82, 2.24) is 4.47 Å². The first-order chi connectivity index (χ1) is 13.3. The number of fused-ring (bicyclic) bond motifs is 1. The van der Waals surface area contributed by atoms with Crippen molar-refractivity contribution in [2.75, 3.05) is 26.6 Å². The molecule has 2 aromatic carbocycles. The van der Waals surface area contributed by atoms with Crippen LogP contribution in [0, 0.1) is 0 Å². The number of nitrogens with one attached hydrogen (secondary N) is 1. The SMILES string of the molecule is COc1ccc2c(CC(=O)Nc3ccc(S(=O)(=O)N(C)OC)cc3)coc2c1. The molecule has 0 bridgehead atoms. The van der Waals surface area contributed by atoms with Crippen molar-refractivity contribution < 1.29 is 27.2 Å². The van der Waals surface area contributed by atoms with Gasteiger partial charge in [-0.2, -0.15) is 0 Å². The van der Waals surface area contributed by atoms with Crippen molar-refractivity contribution in [2.45, 2.75) is 11.3 Å². The summed E-state index contributed by atoms with van der Waals surface area (Å²) >= 11 is 0. The third-order valence-electron chi connectivity index (χ3n) is 4.25. The van der Waals surface area contributed by atoms with Gasteiger partial charge in [0.1, 0.15) is 11.3 Å². The molecule has 1 amide bonds. The Kier molecular flexibility index (Phi) is 5.68. The number of nitrogens with zero attached hydrogens (tertiary/aromatic N) is 1. The molecule has 1 heterocycles. The highest BCUT2D eigenvalue weighted by Gasteiger charge is 2.20. The van der Waals surface area contributed by atoms with E-state index in [1.165, 1.54) is 38.4 Å². The van der Waals surface area contributed by atoms with E-state index in [4.69, 9.17) is 14.0 Å². The lowest BCUT2D eigenvalue weighted by atomic mass is 10.1. The largest absolute Gasteiger partial charge is 0.497 e. The van der Waals surface area contributed by atoms with Crippen molar-refractivity contribution >= 4 is 32.6 Å². The number of benzene rings is 2. The number of hydrogen-bond acceptors (Lipinski definition) is 6. The van der Waals surface area contributed by atoms with Gasteiger partial charge >= 0.3 is 0 Å². The number of anilines is 1. The molecule has 28 heavy (non-hydrogen) atoms. The molecule has 0 fully saturated rings. The smallest absolute Gasteiger partial charge is 0.264 e. The van der Waals surface area contributed by atoms with Crippen molar-refractivity contribution in [2.24, 2.45) is 0 Å². The molecule has 0 unspecified atom stereocenters. The Morgan fingerprint density at radius 3 is 2.50 bits per heavy atom. The molecule has 9 heteroatoms. The number of methoxy groups -OCH3 is 1. The van der Waals surface area contributed by atoms with Crippen LogP contribution in [0.15, 0.2) is 58.0 Å². The molecule has 0 spiro atoms. The van der Waals surface area contributed by atoms with Crippen LogP contribution in [0.2, 0.25) is 0 Å². The maximum absolute atomic E-state index is 12.4. The highest BCUT2D eigenvalue weighted by molar-refractivity contribution is 7.89. The van der Waals surface area contributed by atoms with Gasteiger partial charge in [0, 0.05) is 29.8 Å². The summed E-state index contributed by atoms with van der Waals surface area (Å²) in [7, 11) is 0.409. The number of carbonyl (C=O) groups excluding carboxylic acids is 1. The molecule has 0 aliphatic carbocycles. The fourth-order valence-corrected chi connectivity index (χ4v) is 3.64. The van der Waals surface area contributed by atoms with E-state index in [1.807, 2.05) is 6.07 Å². The van der Waals surface area contributed by atoms with Gasteiger partial charge in [-0.3, -0.25) is 9.63 Å². The monoisotopic (exact) mass is 404 g/mol. The maximum atomic E-state index is 12.4. The summed E-state index contributed by atoms with van der Waals surface area (Å²) in [5, 5.41) is 3.58. The number of furan rings is 1. The Hall–Kier alpha value is -2.88. The predicted octanol–water partition coefficient (Wildman–Crippen LogP) is 2.80. The second kappa shape index (κ2) is 8.01. The van der Waals surface area contributed by atoms with Gasteiger partial charge in [-0.25, -0.2) is 8.42 Å². The van der Waals surface area contributed by atoms with Gasteiger partial charge in [-0.1, -0.05) is 4.47 Å². The zero-order chi connectivity index (χ0) is 20.3. The van der Waals surface area contributed by atoms with Crippen LogP contribution in [0.4, 0.5) is 5.69 Å². The minimum Gasteiger partial charge on any atom is -0.497 e. The standard InChI is InChI=1S/C19H20N2O6S/c1-21(26-3)28(23,24)16-7-4-14(5-8-16)20-19(22)10-13-12-27-18-11-15(25-2)6-9-17(13)18/h4-9,11-12H,10H2,1-3H3,(H,20,22). The number of rotatable bonds is 7. The minimum atomic E-state index is -3.73. The third kappa shape index (κ3) is 4.01. The lowest BCUT2D eigenvalue weighted by molar-refractivity contribution is -0.115. The third-order valence-corrected chi connectivity index (χ3v) is 5.94. The highest BCUT2D eigenvalue weighted by Crippen LogP contribution is 2.26. The van der Waals surface area contributed by atoms with Crippen LogP contribution >= 0.6 is 0 Å². The highest BCUT2D eigenvalue weighted by atomic mass is 32.2. The number of sulfonamides is 1. The van der Waals surface area contributed by atoms with Crippen molar-refractivity contribution in [3.05, 3.63) is 54.3 Å². The molecule has 0 aliphatic heterocycles. The molecule has 1 aromatic heterocycles. The van der Waals surface area contributed by atoms with Crippen molar-refractivity contribution in [1.29, 1.82) is 0 Å². The second-order valence-electron chi connectivity index (χ2n) is 5.97. The molecule has 0 saturated carbocycles. The van der Waals surface area contributed by atoms with E-state index in [1.54, 1.807) is 25.5 Å². The van der Waals surface area contributed by atoms with E-state index in [0.29, 0.717) is 17.0 Å². The first kappa shape index (κ1) is 19.9. The molecule has 0 atom stereocenters. The minimum absolute atomic E-state index is 0.0598. The van der Waals surface area contributed by atoms with E-state index >= 15 is 0 Å². The summed E-state index contributed by atoms with van der Waals surface area (Å²) in [6.07, 6.45) is 1.66. The van der Waals surface area contributed by atoms with E-state index in [9.17, 15) is 13.2 Å². The Morgan fingerprint density at radius 1 is 1.14 bits per heavy atom. The molecule has 148 valence electrons. The van der Waals surface area contributed by atoms with Crippen LogP contribution in [0.25, 0.3) is 11.0 Å². The zero-order valence-electron chi connectivity index (χ0n) is 15.6. The average Bonchev–Trinajstić information content (AvgIpc) is 3.09. The van der Waals surface area contributed by atoms with Gasteiger partial charge in [0.2, 0.25) is 5.91 Å². The Balaban J connectivity index is 1.70. The first-order valence-electron chi connectivity index (χ1n) is 8.32. The van der Waals surface area contributed by atoms with Crippen LogP contribution < -0.4 is 10.1 Å². The average molecular weight is 404 g/mol. The normalized spacial score (nSPS) is 11.7. The zero-order valence-corrected chi connectivity index (χ0v) is 16.4. The quantitative estimate of drug-likeness (QED) is 0.608. The van der Waals surface area contributed by atoms with Gasteiger partial charge in [-0.15, -0.1) is 0 Å². The van der Waals surface area contributed by atoms with Gasteiger partial charge < -0.3 is 14.5 Å². The van der Waals surface area contributed by atoms with Crippen LogP contribution in [-0.4, -0.2) is 40.1 Å². The summed E-state index contributed by atoms with van der Waals surface area (Å²) in [6, 6.07) is 11.2. The fraction of sp³-hybridized carbons (Fsp3) is 0.211. The van der Waals surface area contributed by atoms with E-state index < -0.39 is 10.0 Å². The van der Waals surface area contributed by atoms with Gasteiger partial charge in [0.25, 0.3) is 10.0 Å².